The molecule has 176 valence electrons. The maximum Gasteiger partial charge on any atom is 0.223 e. The van der Waals surface area contributed by atoms with E-state index >= 15 is 0 Å². The summed E-state index contributed by atoms with van der Waals surface area (Å²) in [6, 6.07) is 14.3. The second-order valence-corrected chi connectivity index (χ2v) is 8.24. The van der Waals surface area contributed by atoms with E-state index in [0.29, 0.717) is 18.9 Å². The molecule has 1 amide bonds. The monoisotopic (exact) mass is 553 g/mol. The van der Waals surface area contributed by atoms with E-state index in [2.05, 4.69) is 34.6 Å². The maximum absolute atomic E-state index is 12.4. The topological polar surface area (TPSA) is 73.1 Å². The highest BCUT2D eigenvalue weighted by Crippen LogP contribution is 2.19. The summed E-state index contributed by atoms with van der Waals surface area (Å²) < 4.78 is 5.57. The summed E-state index contributed by atoms with van der Waals surface area (Å²) in [4.78, 5) is 21.3. The number of halogens is 1. The van der Waals surface area contributed by atoms with Crippen molar-refractivity contribution in [2.24, 2.45) is 10.9 Å². The Bertz CT molecular complexity index is 826. The number of hydrogen-bond donors (Lipinski definition) is 2. The molecule has 0 aliphatic carbocycles. The van der Waals surface area contributed by atoms with Crippen LogP contribution in [0.4, 0.5) is 0 Å². The number of nitrogens with one attached hydrogen (secondary N) is 2. The van der Waals surface area contributed by atoms with Gasteiger partial charge in [0.05, 0.1) is 18.8 Å². The molecular weight excluding hydrogens is 517 g/mol. The second kappa shape index (κ2) is 13.5. The van der Waals surface area contributed by atoms with Crippen LogP contribution < -0.4 is 10.6 Å². The number of aliphatic imine (C=N–C) groups is 1. The molecule has 8 heteroatoms. The van der Waals surface area contributed by atoms with Crippen molar-refractivity contribution in [1.82, 2.24) is 20.4 Å². The summed E-state index contributed by atoms with van der Waals surface area (Å²) in [7, 11) is 4.05. The van der Waals surface area contributed by atoms with Gasteiger partial charge in [-0.15, -0.1) is 24.0 Å². The number of hydrogen-bond acceptors (Lipinski definition) is 4. The molecule has 2 heterocycles. The van der Waals surface area contributed by atoms with E-state index in [9.17, 15) is 4.79 Å². The Labute approximate surface area is 208 Å². The number of carbonyl (C=O) groups is 1. The SMILES string of the molecule is CCNC(=NCC(c1ccco1)N(C)C)NCC1CC(=O)N(CCc2ccccc2)C1.I. The van der Waals surface area contributed by atoms with E-state index in [0.717, 1.165) is 44.3 Å². The van der Waals surface area contributed by atoms with Crippen LogP contribution in [0.15, 0.2) is 58.1 Å². The van der Waals surface area contributed by atoms with Crippen LogP contribution in [0.5, 0.6) is 0 Å². The first-order valence-corrected chi connectivity index (χ1v) is 11.1. The molecule has 7 nitrogen and oxygen atoms in total. The molecular formula is C24H36IN5O2. The zero-order valence-corrected chi connectivity index (χ0v) is 21.6. The third-order valence-electron chi connectivity index (χ3n) is 5.63. The summed E-state index contributed by atoms with van der Waals surface area (Å²) in [5, 5.41) is 6.73. The van der Waals surface area contributed by atoms with Crippen LogP contribution in [0.25, 0.3) is 0 Å². The lowest BCUT2D eigenvalue weighted by Gasteiger charge is -2.21. The zero-order valence-electron chi connectivity index (χ0n) is 19.3. The fourth-order valence-electron chi connectivity index (χ4n) is 3.86. The quantitative estimate of drug-likeness (QED) is 0.269. The van der Waals surface area contributed by atoms with Gasteiger partial charge in [-0.05, 0) is 45.1 Å². The number of amides is 1. The van der Waals surface area contributed by atoms with E-state index in [1.807, 2.05) is 49.3 Å². The molecule has 1 aromatic heterocycles. The normalized spacial score (nSPS) is 17.4. The van der Waals surface area contributed by atoms with Crippen LogP contribution in [-0.2, 0) is 11.2 Å². The zero-order chi connectivity index (χ0) is 22.1. The highest BCUT2D eigenvalue weighted by atomic mass is 127. The molecule has 0 radical (unpaired) electrons. The Morgan fingerprint density at radius 1 is 1.22 bits per heavy atom. The van der Waals surface area contributed by atoms with Gasteiger partial charge >= 0.3 is 0 Å². The molecule has 0 saturated carbocycles. The fraction of sp³-hybridized carbons (Fsp3) is 0.500. The van der Waals surface area contributed by atoms with Crippen molar-refractivity contribution in [3.05, 3.63) is 60.1 Å². The number of likely N-dealkylation sites (N-methyl/N-ethyl adjacent to an activating group) is 1. The second-order valence-electron chi connectivity index (χ2n) is 8.24. The molecule has 1 fully saturated rings. The van der Waals surface area contributed by atoms with Crippen LogP contribution in [0.2, 0.25) is 0 Å². The highest BCUT2D eigenvalue weighted by molar-refractivity contribution is 14.0. The number of likely N-dealkylation sites (tertiary alicyclic amines) is 1. The van der Waals surface area contributed by atoms with Gasteiger partial charge in [0, 0.05) is 38.5 Å². The Hall–Kier alpha value is -2.07. The minimum Gasteiger partial charge on any atom is -0.468 e. The molecule has 1 aliphatic heterocycles. The Morgan fingerprint density at radius 3 is 2.66 bits per heavy atom. The average Bonchev–Trinajstić information content (AvgIpc) is 3.41. The molecule has 2 N–H and O–H groups in total. The molecule has 3 rings (SSSR count). The molecule has 0 spiro atoms. The van der Waals surface area contributed by atoms with Gasteiger partial charge in [-0.2, -0.15) is 0 Å². The fourth-order valence-corrected chi connectivity index (χ4v) is 3.86. The molecule has 0 bridgehead atoms. The largest absolute Gasteiger partial charge is 0.468 e. The Balaban J connectivity index is 0.00000363. The van der Waals surface area contributed by atoms with Gasteiger partial charge < -0.3 is 20.0 Å². The average molecular weight is 553 g/mol. The molecule has 2 unspecified atom stereocenters. The first-order chi connectivity index (χ1) is 15.1. The first-order valence-electron chi connectivity index (χ1n) is 11.1. The van der Waals surface area contributed by atoms with E-state index < -0.39 is 0 Å². The molecule has 1 saturated heterocycles. The summed E-state index contributed by atoms with van der Waals surface area (Å²) in [5.41, 5.74) is 1.27. The predicted molar refractivity (Wildman–Crippen MR) is 139 cm³/mol. The standard InChI is InChI=1S/C24H35N5O2.HI/c1-4-25-24(27-17-21(28(2)3)22-11-8-14-31-22)26-16-20-15-23(30)29(18-20)13-12-19-9-6-5-7-10-19;/h5-11,14,20-21H,4,12-13,15-18H2,1-3H3,(H2,25,26,27);1H. The molecule has 1 aromatic carbocycles. The number of benzene rings is 1. The van der Waals surface area contributed by atoms with Crippen molar-refractivity contribution in [2.75, 3.05) is 46.8 Å². The van der Waals surface area contributed by atoms with E-state index in [-0.39, 0.29) is 35.9 Å². The number of nitrogens with zero attached hydrogens (tertiary/aromatic N) is 3. The first kappa shape index (κ1) is 26.2. The van der Waals surface area contributed by atoms with Gasteiger partial charge in [0.15, 0.2) is 5.96 Å². The van der Waals surface area contributed by atoms with Crippen LogP contribution in [0, 0.1) is 5.92 Å². The molecule has 32 heavy (non-hydrogen) atoms. The lowest BCUT2D eigenvalue weighted by atomic mass is 10.1. The third-order valence-corrected chi connectivity index (χ3v) is 5.63. The van der Waals surface area contributed by atoms with Crippen LogP contribution in [0.1, 0.15) is 30.7 Å². The number of carbonyl (C=O) groups excluding carboxylic acids is 1. The highest BCUT2D eigenvalue weighted by Gasteiger charge is 2.29. The number of guanidine groups is 1. The van der Waals surface area contributed by atoms with Gasteiger partial charge in [-0.25, -0.2) is 0 Å². The molecule has 2 atom stereocenters. The minimum atomic E-state index is 0. The van der Waals surface area contributed by atoms with Crippen molar-refractivity contribution in [1.29, 1.82) is 0 Å². The smallest absolute Gasteiger partial charge is 0.223 e. The van der Waals surface area contributed by atoms with Gasteiger partial charge in [-0.3, -0.25) is 14.7 Å². The van der Waals surface area contributed by atoms with Gasteiger partial charge in [-0.1, -0.05) is 30.3 Å². The van der Waals surface area contributed by atoms with E-state index in [4.69, 9.17) is 9.41 Å². The summed E-state index contributed by atoms with van der Waals surface area (Å²) >= 11 is 0. The third kappa shape index (κ3) is 7.81. The van der Waals surface area contributed by atoms with Crippen molar-refractivity contribution in [2.45, 2.75) is 25.8 Å². The molecule has 2 aromatic rings. The maximum atomic E-state index is 12.4. The van der Waals surface area contributed by atoms with Crippen LogP contribution in [-0.4, -0.2) is 68.5 Å². The molecule has 1 aliphatic rings. The summed E-state index contributed by atoms with van der Waals surface area (Å²) in [6.45, 7) is 5.73. The number of rotatable bonds is 10. The van der Waals surface area contributed by atoms with Gasteiger partial charge in [0.25, 0.3) is 0 Å². The van der Waals surface area contributed by atoms with E-state index in [1.54, 1.807) is 6.26 Å². The lowest BCUT2D eigenvalue weighted by Crippen LogP contribution is -2.41. The Morgan fingerprint density at radius 2 is 2.00 bits per heavy atom. The summed E-state index contributed by atoms with van der Waals surface area (Å²) in [5.74, 6) is 2.22. The van der Waals surface area contributed by atoms with Crippen LogP contribution >= 0.6 is 24.0 Å². The van der Waals surface area contributed by atoms with Crippen molar-refractivity contribution in [3.8, 4) is 0 Å². The van der Waals surface area contributed by atoms with Crippen molar-refractivity contribution < 1.29 is 9.21 Å². The number of furan rings is 1. The van der Waals surface area contributed by atoms with Gasteiger partial charge in [0.2, 0.25) is 5.91 Å². The van der Waals surface area contributed by atoms with Crippen molar-refractivity contribution >= 4 is 35.8 Å². The predicted octanol–water partition coefficient (Wildman–Crippen LogP) is 3.15. The lowest BCUT2D eigenvalue weighted by molar-refractivity contribution is -0.127. The Kier molecular flexibility index (Phi) is 11.0. The summed E-state index contributed by atoms with van der Waals surface area (Å²) in [6.07, 6.45) is 3.18. The van der Waals surface area contributed by atoms with Gasteiger partial charge in [0.1, 0.15) is 5.76 Å². The van der Waals surface area contributed by atoms with E-state index in [1.165, 1.54) is 5.56 Å². The van der Waals surface area contributed by atoms with Crippen molar-refractivity contribution in [3.63, 3.8) is 0 Å². The van der Waals surface area contributed by atoms with Crippen LogP contribution in [0.3, 0.4) is 0 Å². The minimum absolute atomic E-state index is 0.